The molecule has 0 aliphatic heterocycles. The Balaban J connectivity index is 1.76. The Hall–Kier alpha value is -4.16. The topological polar surface area (TPSA) is 71.5 Å². The van der Waals surface area contributed by atoms with Crippen LogP contribution < -0.4 is 19.1 Å². The number of carbonyl (C=O) groups excluding carboxylic acids is 1. The highest BCUT2D eigenvalue weighted by Gasteiger charge is 2.38. The molecule has 1 heterocycles. The Kier molecular flexibility index (Phi) is 7.19. The minimum absolute atomic E-state index is 0.123. The highest BCUT2D eigenvalue weighted by molar-refractivity contribution is 5.88. The maximum atomic E-state index is 11.9. The van der Waals surface area contributed by atoms with Gasteiger partial charge >= 0.3 is 0 Å². The number of methoxy groups -OCH3 is 1. The van der Waals surface area contributed by atoms with E-state index in [4.69, 9.17) is 9.47 Å². The van der Waals surface area contributed by atoms with E-state index < -0.39 is 5.97 Å². The summed E-state index contributed by atoms with van der Waals surface area (Å²) < 4.78 is 12.4. The van der Waals surface area contributed by atoms with Crippen molar-refractivity contribution < 1.29 is 19.4 Å². The Labute approximate surface area is 217 Å². The number of quaternary nitrogens is 1. The average molecular weight is 495 g/mol. The largest absolute Gasteiger partial charge is 0.545 e. The fraction of sp³-hybridized carbons (Fsp3) is 0.226. The number of hydrogen-bond donors (Lipinski definition) is 0. The van der Waals surface area contributed by atoms with Crippen LogP contribution in [0.4, 0.5) is 17.1 Å². The van der Waals surface area contributed by atoms with Crippen LogP contribution in [0.3, 0.4) is 0 Å². The summed E-state index contributed by atoms with van der Waals surface area (Å²) in [5.41, 5.74) is 3.80. The zero-order chi connectivity index (χ0) is 25.7. The monoisotopic (exact) mass is 494 g/mol. The zero-order valence-corrected chi connectivity index (χ0v) is 20.9. The highest BCUT2D eigenvalue weighted by Crippen LogP contribution is 2.48. The highest BCUT2D eigenvalue weighted by atomic mass is 16.5. The van der Waals surface area contributed by atoms with E-state index in [1.54, 1.807) is 31.5 Å². The zero-order valence-electron chi connectivity index (χ0n) is 20.9. The first-order valence-corrected chi connectivity index (χ1v) is 12.6. The second-order valence-electron chi connectivity index (χ2n) is 9.36. The van der Waals surface area contributed by atoms with Gasteiger partial charge in [-0.2, -0.15) is 0 Å². The van der Waals surface area contributed by atoms with Crippen LogP contribution in [-0.2, 0) is 6.54 Å². The van der Waals surface area contributed by atoms with Crippen molar-refractivity contribution in [2.45, 2.75) is 38.3 Å². The summed E-state index contributed by atoms with van der Waals surface area (Å²) in [6.07, 6.45) is 8.12. The van der Waals surface area contributed by atoms with E-state index in [9.17, 15) is 9.90 Å². The van der Waals surface area contributed by atoms with Crippen LogP contribution >= 0.6 is 0 Å². The van der Waals surface area contributed by atoms with Gasteiger partial charge in [0, 0.05) is 47.8 Å². The second kappa shape index (κ2) is 10.8. The van der Waals surface area contributed by atoms with Gasteiger partial charge in [-0.15, -0.1) is 0 Å². The molecule has 3 aromatic carbocycles. The average Bonchev–Trinajstić information content (AvgIpc) is 3.46. The number of para-hydroxylation sites is 1. The lowest BCUT2D eigenvalue weighted by atomic mass is 10.0. The van der Waals surface area contributed by atoms with Crippen molar-refractivity contribution in [2.75, 3.05) is 7.11 Å². The molecular formula is C31H30N2O4. The number of benzene rings is 3. The molecule has 1 unspecified atom stereocenters. The summed E-state index contributed by atoms with van der Waals surface area (Å²) in [4.78, 5) is 16.2. The molecule has 0 spiro atoms. The van der Waals surface area contributed by atoms with Crippen LogP contribution in [0.15, 0.2) is 97.3 Å². The first-order chi connectivity index (χ1) is 18.1. The molecule has 0 saturated heterocycles. The molecule has 6 heteroatoms. The van der Waals surface area contributed by atoms with Crippen LogP contribution in [0.5, 0.6) is 11.5 Å². The van der Waals surface area contributed by atoms with E-state index in [0.717, 1.165) is 48.3 Å². The van der Waals surface area contributed by atoms with E-state index in [2.05, 4.69) is 17.1 Å². The molecule has 1 aliphatic rings. The number of carboxylic acids is 1. The minimum atomic E-state index is -1.21. The third kappa shape index (κ3) is 5.06. The van der Waals surface area contributed by atoms with E-state index in [1.165, 1.54) is 0 Å². The van der Waals surface area contributed by atoms with Gasteiger partial charge in [0.25, 0.3) is 0 Å². The van der Waals surface area contributed by atoms with Gasteiger partial charge in [-0.3, -0.25) is 4.98 Å². The number of rotatable bonds is 9. The van der Waals surface area contributed by atoms with Gasteiger partial charge in [0.05, 0.1) is 19.2 Å². The van der Waals surface area contributed by atoms with Crippen molar-refractivity contribution in [3.63, 3.8) is 0 Å². The maximum Gasteiger partial charge on any atom is 0.167 e. The molecule has 1 saturated carbocycles. The number of pyridine rings is 1. The first-order valence-electron chi connectivity index (χ1n) is 12.6. The number of ether oxygens (including phenoxy) is 2. The van der Waals surface area contributed by atoms with Gasteiger partial charge in [-0.1, -0.05) is 36.4 Å². The number of carbonyl (C=O) groups is 1. The molecule has 0 N–H and O–H groups in total. The summed E-state index contributed by atoms with van der Waals surface area (Å²) in [6.45, 7) is 0.504. The van der Waals surface area contributed by atoms with Crippen molar-refractivity contribution in [2.24, 2.45) is 0 Å². The number of hydrogen-bond acceptors (Lipinski definition) is 5. The molecular weight excluding hydrogens is 464 g/mol. The fourth-order valence-electron chi connectivity index (χ4n) is 5.22. The van der Waals surface area contributed by atoms with E-state index in [1.807, 2.05) is 60.8 Å². The number of aromatic carboxylic acids is 1. The van der Waals surface area contributed by atoms with Gasteiger partial charge in [-0.05, 0) is 49.9 Å². The van der Waals surface area contributed by atoms with Crippen molar-refractivity contribution in [3.8, 4) is 11.5 Å². The van der Waals surface area contributed by atoms with Crippen molar-refractivity contribution in [3.05, 3.63) is 108 Å². The molecule has 6 nitrogen and oxygen atoms in total. The minimum Gasteiger partial charge on any atom is -0.545 e. The molecule has 5 rings (SSSR count). The normalized spacial score (nSPS) is 15.2. The second-order valence-corrected chi connectivity index (χ2v) is 9.36. The van der Waals surface area contributed by atoms with Crippen LogP contribution in [0.2, 0.25) is 0 Å². The quantitative estimate of drug-likeness (QED) is 0.269. The Morgan fingerprint density at radius 1 is 0.892 bits per heavy atom. The molecule has 0 radical (unpaired) electrons. The number of aromatic nitrogens is 1. The lowest BCUT2D eigenvalue weighted by Crippen LogP contribution is -2.38. The predicted octanol–water partition coefficient (Wildman–Crippen LogP) is 5.95. The van der Waals surface area contributed by atoms with Gasteiger partial charge in [0.15, 0.2) is 11.5 Å². The molecule has 37 heavy (non-hydrogen) atoms. The van der Waals surface area contributed by atoms with Gasteiger partial charge < -0.3 is 19.4 Å². The molecule has 1 aromatic heterocycles. The van der Waals surface area contributed by atoms with E-state index in [-0.39, 0.29) is 16.2 Å². The third-order valence-corrected chi connectivity index (χ3v) is 7.05. The Morgan fingerprint density at radius 3 is 2.35 bits per heavy atom. The summed E-state index contributed by atoms with van der Waals surface area (Å²) >= 11 is 0. The summed E-state index contributed by atoms with van der Waals surface area (Å²) in [5.74, 6) is 0.147. The molecule has 188 valence electrons. The van der Waals surface area contributed by atoms with Crippen LogP contribution in [0.1, 0.15) is 41.6 Å². The van der Waals surface area contributed by atoms with Crippen LogP contribution in [0.25, 0.3) is 0 Å². The Morgan fingerprint density at radius 2 is 1.65 bits per heavy atom. The molecule has 1 fully saturated rings. The summed E-state index contributed by atoms with van der Waals surface area (Å²) in [7, 11) is 1.65. The lowest BCUT2D eigenvalue weighted by Gasteiger charge is -2.38. The van der Waals surface area contributed by atoms with Crippen molar-refractivity contribution in [1.82, 2.24) is 9.47 Å². The molecule has 0 bridgehead atoms. The van der Waals surface area contributed by atoms with Gasteiger partial charge in [0.1, 0.15) is 23.6 Å². The summed E-state index contributed by atoms with van der Waals surface area (Å²) in [6, 6.07) is 27.0. The first kappa shape index (κ1) is 24.5. The van der Waals surface area contributed by atoms with Gasteiger partial charge in [0.2, 0.25) is 0 Å². The molecule has 0 amide bonds. The molecule has 1 aliphatic carbocycles. The van der Waals surface area contributed by atoms with Crippen molar-refractivity contribution in [1.29, 1.82) is 0 Å². The number of nitrogens with zero attached hydrogens (tertiary/aromatic N) is 2. The smallest absolute Gasteiger partial charge is 0.167 e. The predicted molar refractivity (Wildman–Crippen MR) is 142 cm³/mol. The fourth-order valence-corrected chi connectivity index (χ4v) is 5.22. The summed E-state index contributed by atoms with van der Waals surface area (Å²) in [5, 5.41) is 11.9. The van der Waals surface area contributed by atoms with Crippen LogP contribution in [0, 0.1) is 0 Å². The number of carboxylic acid groups (broad SMARTS) is 1. The van der Waals surface area contributed by atoms with E-state index >= 15 is 0 Å². The third-order valence-electron chi connectivity index (χ3n) is 7.05. The van der Waals surface area contributed by atoms with Gasteiger partial charge in [-0.25, -0.2) is 4.48 Å². The molecule has 1 atom stereocenters. The molecule has 4 aromatic rings. The lowest BCUT2D eigenvalue weighted by molar-refractivity contribution is -0.255. The van der Waals surface area contributed by atoms with E-state index in [0.29, 0.717) is 18.0 Å². The van der Waals surface area contributed by atoms with Crippen molar-refractivity contribution >= 4 is 23.0 Å². The Bertz CT molecular complexity index is 1350. The SMILES string of the molecule is COc1ccc([N+](Cc2cccnc2)(c2ccccc2)c2cccc(C(=O)[O-])c2)cc1OC1CCCC1. The standard InChI is InChI=1S/C31H30N2O4/c1-36-29-17-16-27(20-30(29)37-28-14-5-6-15-28)33(25-11-3-2-4-12-25,22-23-9-8-18-32-21-23)26-13-7-10-24(19-26)31(34)35/h2-4,7-13,16-21,28H,5-6,14-15,22H2,1H3. The maximum absolute atomic E-state index is 11.9. The van der Waals surface area contributed by atoms with Crippen LogP contribution in [-0.4, -0.2) is 24.2 Å².